The normalized spacial score (nSPS) is 17.8. The van der Waals surface area contributed by atoms with Crippen LogP contribution >= 0.6 is 58.0 Å². The number of benzene rings is 3. The van der Waals surface area contributed by atoms with Gasteiger partial charge in [-0.3, -0.25) is 54.7 Å². The van der Waals surface area contributed by atoms with Gasteiger partial charge in [0.1, 0.15) is 45.9 Å². The number of halogens is 5. The molecular weight excluding hydrogens is 1920 g/mol. The molecule has 3 aromatic carbocycles. The first-order chi connectivity index (χ1) is 70.3. The van der Waals surface area contributed by atoms with E-state index >= 15 is 0 Å². The summed E-state index contributed by atoms with van der Waals surface area (Å²) in [5.41, 5.74) is 30.0. The standard InChI is InChI=1S/C23H25ClN6.C22H24ClN7.C22H25ClN6.C21H23ClN6.C20H19ClN6O/c1-15-12-26-23-21(15)28-22(17-5-3-4-6-19(17)24)18-11-16(25-13-20(18)27-23)14-30-9-7-29(2)8-10-30;1-14-10-26-22-20(14)28-21(16-3-4-24-11-18(16)23)17-9-15(25-12-19(17)27-22)13-30-7-5-29(2)6-8-30;1-14-12-25-22-20(14)27-21(15-7-5-6-8-17(15)23)16-13-24-19(11-18(16)26-22)29(4)10-9-28(2)3;1-13-11-25-21-19(13)27-20(14-6-4-5-7-16(14)22)15-12-24-18(10-17(15)26-21)23-8-9-28(2)3;1-12-9-24-20-18(12)26-19(13-2-3-22-11-15(13)21)14-10-23-17(8-16(14)25-20)27-4-6-28-7-5-27/h3-6,11,13H,7-10,12,14H2,1-2H3,(H,26,27);3-4,9,11-12H,5-8,10,13H2,1-2H3,(H,26,27);5-8,11,13H,9-10,12H2,1-4H3,(H,25,26);4-7,10,12H,8-9,11H2,1-3H3,(H,23,24)(H,25,26);2-3,8,10-11H,4-7,9H2,1H3,(H,24,25). The van der Waals surface area contributed by atoms with Crippen LogP contribution < -0.4 is 41.7 Å². The Bertz CT molecular complexity index is 7030. The maximum absolute atomic E-state index is 6.59. The number of hydrogen-bond acceptors (Lipinski definition) is 32. The van der Waals surface area contributed by atoms with Crippen molar-refractivity contribution in [2.24, 2.45) is 49.9 Å². The molecule has 13 aliphatic rings. The maximum Gasteiger partial charge on any atom is 0.152 e. The maximum atomic E-state index is 6.59. The number of nitrogens with zero attached hydrogens (tertiary/aromatic N) is 25. The Balaban J connectivity index is 0.000000115. The summed E-state index contributed by atoms with van der Waals surface area (Å²) >= 11 is 32.6. The van der Waals surface area contributed by atoms with Crippen LogP contribution in [-0.2, 0) is 17.8 Å². The van der Waals surface area contributed by atoms with Gasteiger partial charge in [-0.15, -0.1) is 0 Å². The number of rotatable bonds is 18. The van der Waals surface area contributed by atoms with Crippen LogP contribution in [-0.4, -0.2) is 309 Å². The average Bonchev–Trinajstić information content (AvgIpc) is 1.68. The largest absolute Gasteiger partial charge is 0.378 e. The molecule has 3 saturated heterocycles. The Morgan fingerprint density at radius 3 is 1.10 bits per heavy atom. The van der Waals surface area contributed by atoms with Gasteiger partial charge in [0.2, 0.25) is 0 Å². The zero-order valence-electron chi connectivity index (χ0n) is 83.4. The van der Waals surface area contributed by atoms with Gasteiger partial charge in [0, 0.05) is 244 Å². The second-order valence-electron chi connectivity index (χ2n) is 38.0. The summed E-state index contributed by atoms with van der Waals surface area (Å²) in [7, 11) is 14.6. The molecule has 0 radical (unpaired) electrons. The first kappa shape index (κ1) is 100. The van der Waals surface area contributed by atoms with Gasteiger partial charge >= 0.3 is 0 Å². The number of pyridine rings is 7. The summed E-state index contributed by atoms with van der Waals surface area (Å²) in [6.45, 7) is 30.5. The quantitative estimate of drug-likeness (QED) is 0.0465. The molecule has 13 aliphatic heterocycles. The second-order valence-corrected chi connectivity index (χ2v) is 40.0. The number of amidine groups is 5. The van der Waals surface area contributed by atoms with E-state index in [-0.39, 0.29) is 0 Å². The Labute approximate surface area is 870 Å². The van der Waals surface area contributed by atoms with Crippen LogP contribution in [0.3, 0.4) is 0 Å². The van der Waals surface area contributed by atoms with E-state index in [0.717, 1.165) is 332 Å². The molecule has 0 aliphatic carbocycles. The van der Waals surface area contributed by atoms with Gasteiger partial charge in [0.25, 0.3) is 0 Å². The van der Waals surface area contributed by atoms with Crippen LogP contribution in [0.25, 0.3) is 0 Å². The summed E-state index contributed by atoms with van der Waals surface area (Å²) in [6.07, 6.45) is 16.2. The number of morpholine rings is 1. The lowest BCUT2D eigenvalue weighted by Gasteiger charge is -2.32. The van der Waals surface area contributed by atoms with Gasteiger partial charge in [-0.25, -0.2) is 39.9 Å². The van der Waals surface area contributed by atoms with Gasteiger partial charge in [-0.1, -0.05) is 113 Å². The van der Waals surface area contributed by atoms with Crippen LogP contribution in [0.4, 0.5) is 45.9 Å². The first-order valence-corrected chi connectivity index (χ1v) is 50.6. The molecule has 145 heavy (non-hydrogen) atoms. The van der Waals surface area contributed by atoms with Crippen molar-refractivity contribution in [1.82, 2.24) is 64.3 Å². The molecule has 0 atom stereocenters. The van der Waals surface area contributed by atoms with E-state index in [9.17, 15) is 0 Å². The summed E-state index contributed by atoms with van der Waals surface area (Å²) < 4.78 is 5.46. The minimum Gasteiger partial charge on any atom is -0.378 e. The van der Waals surface area contributed by atoms with Crippen LogP contribution in [0, 0.1) is 0 Å². The zero-order chi connectivity index (χ0) is 101. The Hall–Kier alpha value is -13.3. The molecule has 23 rings (SSSR count). The predicted molar refractivity (Wildman–Crippen MR) is 593 cm³/mol. The van der Waals surface area contributed by atoms with Crippen molar-refractivity contribution in [1.29, 1.82) is 0 Å². The van der Waals surface area contributed by atoms with Crippen molar-refractivity contribution < 1.29 is 4.74 Å². The van der Waals surface area contributed by atoms with Crippen LogP contribution in [0.15, 0.2) is 277 Å². The summed E-state index contributed by atoms with van der Waals surface area (Å²) in [5, 5.41) is 23.8. The molecule has 744 valence electrons. The predicted octanol–water partition coefficient (Wildman–Crippen LogP) is 16.5. The van der Waals surface area contributed by atoms with E-state index in [1.54, 1.807) is 24.8 Å². The molecule has 32 nitrogen and oxygen atoms in total. The lowest BCUT2D eigenvalue weighted by molar-refractivity contribution is 0.122. The number of piperazine rings is 2. The van der Waals surface area contributed by atoms with Gasteiger partial charge in [0.05, 0.1) is 137 Å². The Morgan fingerprint density at radius 1 is 0.345 bits per heavy atom. The van der Waals surface area contributed by atoms with E-state index in [1.165, 1.54) is 0 Å². The molecular formula is C108H116Cl5N31O. The molecule has 10 aromatic rings. The Morgan fingerprint density at radius 2 is 0.703 bits per heavy atom. The van der Waals surface area contributed by atoms with Crippen molar-refractivity contribution in [3.05, 3.63) is 320 Å². The highest BCUT2D eigenvalue weighted by Crippen LogP contribution is 2.40. The van der Waals surface area contributed by atoms with Crippen molar-refractivity contribution in [3.63, 3.8) is 0 Å². The average molecular weight is 2040 g/mol. The van der Waals surface area contributed by atoms with E-state index < -0.39 is 0 Å². The molecule has 0 unspecified atom stereocenters. The molecule has 3 fully saturated rings. The van der Waals surface area contributed by atoms with Gasteiger partial charge in [-0.05, 0) is 147 Å². The zero-order valence-corrected chi connectivity index (χ0v) is 87.2. The third-order valence-corrected chi connectivity index (χ3v) is 28.2. The van der Waals surface area contributed by atoms with Crippen molar-refractivity contribution >= 4 is 162 Å². The molecule has 7 aromatic heterocycles. The SMILES string of the molecule is CC1=C2N=C(c3ccccc3Cl)c3cc(CN4CCN(C)CC4)ncc3NC2=NC1.CC1=C2N=C(c3ccccc3Cl)c3cnc(N(C)CCN(C)C)cc3NC2=NC1.CC1=C2N=C(c3ccccc3Cl)c3cnc(NCCN(C)C)cc3NC2=NC1.CC1=C2N=C(c3ccncc3Cl)c3cc(CN4CCN(C)CC4)ncc3NC2=NC1.CC1=C2N=C(c3ccncc3Cl)c3cnc(N4CCOCC4)cc3NC2=NC1. The van der Waals surface area contributed by atoms with E-state index in [4.69, 9.17) is 108 Å². The molecule has 6 N–H and O–H groups in total. The fourth-order valence-corrected chi connectivity index (χ4v) is 19.3. The Kier molecular flexibility index (Phi) is 31.2. The molecule has 0 saturated carbocycles. The van der Waals surface area contributed by atoms with E-state index in [2.05, 4.69) is 219 Å². The van der Waals surface area contributed by atoms with Gasteiger partial charge in [-0.2, -0.15) is 0 Å². The topological polar surface area (TPSA) is 321 Å². The highest BCUT2D eigenvalue weighted by molar-refractivity contribution is 6.40. The fraction of sp³-hybridized carbons (Fsp3) is 0.324. The summed E-state index contributed by atoms with van der Waals surface area (Å²) in [4.78, 5) is 98.1. The minimum absolute atomic E-state index is 0.557. The molecule has 37 heteroatoms. The van der Waals surface area contributed by atoms with Crippen molar-refractivity contribution in [2.45, 2.75) is 47.7 Å². The van der Waals surface area contributed by atoms with Gasteiger partial charge < -0.3 is 66.0 Å². The van der Waals surface area contributed by atoms with Gasteiger partial charge in [0.15, 0.2) is 29.2 Å². The fourth-order valence-electron chi connectivity index (χ4n) is 18.2. The summed E-state index contributed by atoms with van der Waals surface area (Å²) in [6, 6.07) is 37.6. The minimum atomic E-state index is 0.557. The smallest absolute Gasteiger partial charge is 0.152 e. The molecule has 0 amide bonds. The molecule has 0 bridgehead atoms. The van der Waals surface area contributed by atoms with Crippen molar-refractivity contribution in [2.75, 3.05) is 229 Å². The first-order valence-electron chi connectivity index (χ1n) is 48.7. The highest BCUT2D eigenvalue weighted by atomic mass is 35.5. The van der Waals surface area contributed by atoms with Crippen LogP contribution in [0.2, 0.25) is 25.1 Å². The van der Waals surface area contributed by atoms with Crippen molar-refractivity contribution in [3.8, 4) is 0 Å². The van der Waals surface area contributed by atoms with E-state index in [0.29, 0.717) is 71.1 Å². The number of likely N-dealkylation sites (N-methyl/N-ethyl adjacent to an activating group) is 5. The highest BCUT2D eigenvalue weighted by Gasteiger charge is 2.35. The lowest BCUT2D eigenvalue weighted by Crippen LogP contribution is -2.44. The lowest BCUT2D eigenvalue weighted by atomic mass is 10.0. The number of hydrogen-bond donors (Lipinski definition) is 6. The number of aliphatic imine (C=N–C) groups is 10. The monoisotopic (exact) mass is 2040 g/mol. The van der Waals surface area contributed by atoms with E-state index in [1.807, 2.05) is 122 Å². The summed E-state index contributed by atoms with van der Waals surface area (Å²) in [5.74, 6) is 6.63. The molecule has 0 spiro atoms. The van der Waals surface area contributed by atoms with Crippen LogP contribution in [0.5, 0.6) is 0 Å². The molecule has 20 heterocycles. The number of anilines is 8. The number of aromatic nitrogens is 7. The van der Waals surface area contributed by atoms with Crippen LogP contribution in [0.1, 0.15) is 102 Å². The number of nitrogens with one attached hydrogen (secondary N) is 6. The third kappa shape index (κ3) is 23.0. The second kappa shape index (κ2) is 45.1. The third-order valence-electron chi connectivity index (χ3n) is 26.7. The number of fused-ring (bicyclic) bond motifs is 10. The number of ether oxygens (including phenoxy) is 1.